The van der Waals surface area contributed by atoms with Gasteiger partial charge < -0.3 is 14.4 Å². The topological polar surface area (TPSA) is 67.5 Å². The Kier molecular flexibility index (Phi) is 6.26. The van der Waals surface area contributed by atoms with Crippen LogP contribution in [0, 0.1) is 0 Å². The molecule has 1 aliphatic rings. The highest BCUT2D eigenvalue weighted by molar-refractivity contribution is 6.00. The van der Waals surface area contributed by atoms with Crippen LogP contribution in [0.4, 0.5) is 0 Å². The molecule has 0 fully saturated rings. The number of nitrogens with zero attached hydrogens (tertiary/aromatic N) is 2. The smallest absolute Gasteiger partial charge is 0.273 e. The van der Waals surface area contributed by atoms with Crippen molar-refractivity contribution in [2.75, 3.05) is 20.3 Å². The van der Waals surface area contributed by atoms with E-state index in [1.54, 1.807) is 7.11 Å². The zero-order valence-electron chi connectivity index (χ0n) is 18.4. The number of unbranched alkanes of at least 4 members (excludes halogenated alkanes) is 1. The number of amides is 1. The first-order valence-corrected chi connectivity index (χ1v) is 10.9. The fourth-order valence-electron chi connectivity index (χ4n) is 4.04. The molecule has 1 unspecified atom stereocenters. The summed E-state index contributed by atoms with van der Waals surface area (Å²) in [5, 5.41) is 7.54. The van der Waals surface area contributed by atoms with Crippen molar-refractivity contribution < 1.29 is 14.3 Å². The molecule has 1 atom stereocenters. The quantitative estimate of drug-likeness (QED) is 0.516. The summed E-state index contributed by atoms with van der Waals surface area (Å²) >= 11 is 0. The molecule has 0 radical (unpaired) electrons. The van der Waals surface area contributed by atoms with Crippen molar-refractivity contribution in [2.45, 2.75) is 39.2 Å². The number of carbonyl (C=O) groups excluding carboxylic acids is 1. The third-order valence-electron chi connectivity index (χ3n) is 5.65. The van der Waals surface area contributed by atoms with Gasteiger partial charge in [0, 0.05) is 17.7 Å². The first-order chi connectivity index (χ1) is 15.2. The molecule has 6 heteroatoms. The number of rotatable bonds is 9. The van der Waals surface area contributed by atoms with Gasteiger partial charge in [0.1, 0.15) is 17.2 Å². The number of hydrogen-bond donors (Lipinski definition) is 1. The molecule has 0 spiro atoms. The molecular formula is C25H29N3O3. The Balaban J connectivity index is 1.75. The molecule has 2 heterocycles. The van der Waals surface area contributed by atoms with Crippen LogP contribution in [0.1, 0.15) is 60.8 Å². The van der Waals surface area contributed by atoms with Crippen molar-refractivity contribution in [3.8, 4) is 22.8 Å². The van der Waals surface area contributed by atoms with E-state index < -0.39 is 0 Å². The van der Waals surface area contributed by atoms with Crippen LogP contribution in [0.25, 0.3) is 11.3 Å². The summed E-state index contributed by atoms with van der Waals surface area (Å²) in [6.07, 6.45) is 2.95. The van der Waals surface area contributed by atoms with Crippen LogP contribution in [-0.4, -0.2) is 41.3 Å². The molecule has 3 aromatic rings. The molecule has 6 nitrogen and oxygen atoms in total. The van der Waals surface area contributed by atoms with E-state index in [9.17, 15) is 4.79 Å². The van der Waals surface area contributed by atoms with E-state index in [0.29, 0.717) is 18.8 Å². The van der Waals surface area contributed by atoms with Gasteiger partial charge in [0.05, 0.1) is 25.5 Å². The van der Waals surface area contributed by atoms with Crippen LogP contribution >= 0.6 is 0 Å². The van der Waals surface area contributed by atoms with Gasteiger partial charge in [-0.25, -0.2) is 0 Å². The summed E-state index contributed by atoms with van der Waals surface area (Å²) in [4.78, 5) is 15.2. The SMILES string of the molecule is CCCCN1C(=O)c2[nH]nc(-c3ccc(OC)cc3)c2C1c1ccc(OCCC)cc1. The maximum Gasteiger partial charge on any atom is 0.273 e. The molecule has 1 aliphatic heterocycles. The summed E-state index contributed by atoms with van der Waals surface area (Å²) in [5.74, 6) is 1.64. The van der Waals surface area contributed by atoms with Gasteiger partial charge in [-0.3, -0.25) is 9.89 Å². The number of nitrogens with one attached hydrogen (secondary N) is 1. The second-order valence-corrected chi connectivity index (χ2v) is 7.76. The van der Waals surface area contributed by atoms with Crippen molar-refractivity contribution in [1.29, 1.82) is 0 Å². The molecule has 1 N–H and O–H groups in total. The largest absolute Gasteiger partial charge is 0.497 e. The summed E-state index contributed by atoms with van der Waals surface area (Å²) < 4.78 is 11.0. The van der Waals surface area contributed by atoms with Crippen molar-refractivity contribution in [1.82, 2.24) is 15.1 Å². The molecule has 1 aromatic heterocycles. The van der Waals surface area contributed by atoms with Crippen molar-refractivity contribution in [3.63, 3.8) is 0 Å². The van der Waals surface area contributed by atoms with Gasteiger partial charge in [0.25, 0.3) is 5.91 Å². The predicted molar refractivity (Wildman–Crippen MR) is 121 cm³/mol. The number of ether oxygens (including phenoxy) is 2. The van der Waals surface area contributed by atoms with Crippen LogP contribution in [0.5, 0.6) is 11.5 Å². The van der Waals surface area contributed by atoms with E-state index in [4.69, 9.17) is 9.47 Å². The maximum absolute atomic E-state index is 13.2. The van der Waals surface area contributed by atoms with E-state index in [1.807, 2.05) is 41.3 Å². The normalized spacial score (nSPS) is 15.3. The van der Waals surface area contributed by atoms with Gasteiger partial charge in [-0.2, -0.15) is 5.10 Å². The molecule has 4 rings (SSSR count). The molecule has 0 bridgehead atoms. The van der Waals surface area contributed by atoms with E-state index in [1.165, 1.54) is 0 Å². The minimum Gasteiger partial charge on any atom is -0.497 e. The van der Waals surface area contributed by atoms with Crippen molar-refractivity contribution >= 4 is 5.91 Å². The second kappa shape index (κ2) is 9.25. The third kappa shape index (κ3) is 4.02. The predicted octanol–water partition coefficient (Wildman–Crippen LogP) is 5.22. The Labute approximate surface area is 183 Å². The van der Waals surface area contributed by atoms with Crippen LogP contribution in [0.15, 0.2) is 48.5 Å². The van der Waals surface area contributed by atoms with Crippen molar-refractivity contribution in [3.05, 3.63) is 65.4 Å². The molecule has 0 saturated carbocycles. The minimum atomic E-state index is -0.176. The summed E-state index contributed by atoms with van der Waals surface area (Å²) in [6.45, 7) is 5.63. The molecule has 31 heavy (non-hydrogen) atoms. The van der Waals surface area contributed by atoms with Crippen LogP contribution in [0.2, 0.25) is 0 Å². The average Bonchev–Trinajstić information content (AvgIpc) is 3.35. The Morgan fingerprint density at radius 1 is 1.00 bits per heavy atom. The lowest BCUT2D eigenvalue weighted by molar-refractivity contribution is 0.0741. The highest BCUT2D eigenvalue weighted by Gasteiger charge is 2.41. The zero-order valence-corrected chi connectivity index (χ0v) is 18.4. The van der Waals surface area contributed by atoms with E-state index >= 15 is 0 Å². The lowest BCUT2D eigenvalue weighted by atomic mass is 9.96. The number of carbonyl (C=O) groups is 1. The second-order valence-electron chi connectivity index (χ2n) is 7.76. The molecule has 2 aromatic carbocycles. The highest BCUT2D eigenvalue weighted by atomic mass is 16.5. The van der Waals surface area contributed by atoms with Crippen LogP contribution in [-0.2, 0) is 0 Å². The number of hydrogen-bond acceptors (Lipinski definition) is 4. The van der Waals surface area contributed by atoms with E-state index in [-0.39, 0.29) is 11.9 Å². The third-order valence-corrected chi connectivity index (χ3v) is 5.65. The molecule has 0 saturated heterocycles. The Morgan fingerprint density at radius 2 is 1.71 bits per heavy atom. The Bertz CT molecular complexity index is 1030. The summed E-state index contributed by atoms with van der Waals surface area (Å²) in [5.41, 5.74) is 4.34. The van der Waals surface area contributed by atoms with Gasteiger partial charge >= 0.3 is 0 Å². The van der Waals surface area contributed by atoms with Gasteiger partial charge in [-0.05, 0) is 54.8 Å². The lowest BCUT2D eigenvalue weighted by Crippen LogP contribution is -2.30. The number of benzene rings is 2. The fraction of sp³-hybridized carbons (Fsp3) is 0.360. The Morgan fingerprint density at radius 3 is 2.35 bits per heavy atom. The standard InChI is InChI=1S/C25H29N3O3/c1-4-6-15-28-24(18-9-13-20(14-10-18)31-16-5-2)21-22(26-27-23(21)25(28)29)17-7-11-19(30-3)12-8-17/h7-14,24H,4-6,15-16H2,1-3H3,(H,26,27). The molecule has 0 aliphatic carbocycles. The average molecular weight is 420 g/mol. The van der Waals surface area contributed by atoms with Gasteiger partial charge in [-0.15, -0.1) is 0 Å². The van der Waals surface area contributed by atoms with Crippen LogP contribution in [0.3, 0.4) is 0 Å². The first kappa shape index (κ1) is 21.0. The molecule has 162 valence electrons. The first-order valence-electron chi connectivity index (χ1n) is 10.9. The number of aromatic nitrogens is 2. The van der Waals surface area contributed by atoms with E-state index in [0.717, 1.165) is 53.1 Å². The molecule has 1 amide bonds. The Hall–Kier alpha value is -3.28. The lowest BCUT2D eigenvalue weighted by Gasteiger charge is -2.26. The highest BCUT2D eigenvalue weighted by Crippen LogP contribution is 2.43. The molecular weight excluding hydrogens is 390 g/mol. The monoisotopic (exact) mass is 419 g/mol. The zero-order chi connectivity index (χ0) is 21.8. The number of fused-ring (bicyclic) bond motifs is 1. The van der Waals surface area contributed by atoms with Gasteiger partial charge in [-0.1, -0.05) is 32.4 Å². The van der Waals surface area contributed by atoms with Gasteiger partial charge in [0.2, 0.25) is 0 Å². The number of methoxy groups -OCH3 is 1. The number of H-pyrrole nitrogens is 1. The number of aromatic amines is 1. The van der Waals surface area contributed by atoms with E-state index in [2.05, 4.69) is 36.2 Å². The maximum atomic E-state index is 13.2. The van der Waals surface area contributed by atoms with Crippen LogP contribution < -0.4 is 9.47 Å². The minimum absolute atomic E-state index is 0.00650. The summed E-state index contributed by atoms with van der Waals surface area (Å²) in [6, 6.07) is 15.7. The fourth-order valence-corrected chi connectivity index (χ4v) is 4.04. The van der Waals surface area contributed by atoms with Gasteiger partial charge in [0.15, 0.2) is 0 Å². The van der Waals surface area contributed by atoms with Crippen molar-refractivity contribution in [2.24, 2.45) is 0 Å². The summed E-state index contributed by atoms with van der Waals surface area (Å²) in [7, 11) is 1.65.